The molecule has 0 spiro atoms. The molecule has 0 aliphatic carbocycles. The third-order valence-electron chi connectivity index (χ3n) is 5.60. The van der Waals surface area contributed by atoms with Crippen LogP contribution in [0.15, 0.2) is 66.7 Å². The van der Waals surface area contributed by atoms with Gasteiger partial charge in [-0.2, -0.15) is 0 Å². The van der Waals surface area contributed by atoms with Gasteiger partial charge in [0.1, 0.15) is 11.5 Å². The lowest BCUT2D eigenvalue weighted by molar-refractivity contribution is -0.119. The summed E-state index contributed by atoms with van der Waals surface area (Å²) < 4.78 is 0. The minimum atomic E-state index is -0.00756. The van der Waals surface area contributed by atoms with Gasteiger partial charge in [0.2, 0.25) is 0 Å². The van der Waals surface area contributed by atoms with Crippen LogP contribution in [0.2, 0.25) is 0 Å². The first-order valence-corrected chi connectivity index (χ1v) is 10.9. The van der Waals surface area contributed by atoms with Crippen molar-refractivity contribution in [3.05, 3.63) is 77.9 Å². The number of nitrogens with one attached hydrogen (secondary N) is 1. The summed E-state index contributed by atoms with van der Waals surface area (Å²) in [5, 5.41) is 12.4. The molecule has 1 aliphatic rings. The van der Waals surface area contributed by atoms with Crippen LogP contribution >= 0.6 is 0 Å². The van der Waals surface area contributed by atoms with Gasteiger partial charge in [-0.3, -0.25) is 14.4 Å². The topological polar surface area (TPSA) is 86.7 Å². The Morgan fingerprint density at radius 3 is 2.27 bits per heavy atom. The summed E-state index contributed by atoms with van der Waals surface area (Å²) in [4.78, 5) is 35.3. The van der Waals surface area contributed by atoms with Crippen molar-refractivity contribution in [2.45, 2.75) is 19.8 Å². The molecule has 0 radical (unpaired) electrons. The second kappa shape index (κ2) is 11.1. The predicted molar refractivity (Wildman–Crippen MR) is 131 cm³/mol. The Balaban J connectivity index is 0.000000186. The van der Waals surface area contributed by atoms with E-state index in [1.165, 1.54) is 6.07 Å². The van der Waals surface area contributed by atoms with Crippen molar-refractivity contribution < 1.29 is 19.5 Å². The van der Waals surface area contributed by atoms with Crippen LogP contribution in [0.1, 0.15) is 40.5 Å². The Bertz CT molecular complexity index is 1130. The monoisotopic (exact) mass is 444 g/mol. The summed E-state index contributed by atoms with van der Waals surface area (Å²) in [5.41, 5.74) is 5.03. The summed E-state index contributed by atoms with van der Waals surface area (Å²) >= 11 is 0. The van der Waals surface area contributed by atoms with Crippen molar-refractivity contribution in [3.8, 4) is 16.9 Å². The van der Waals surface area contributed by atoms with Gasteiger partial charge in [0.15, 0.2) is 12.1 Å². The van der Waals surface area contributed by atoms with Gasteiger partial charge < -0.3 is 15.3 Å². The highest BCUT2D eigenvalue weighted by atomic mass is 16.3. The quantitative estimate of drug-likeness (QED) is 0.427. The molecule has 4 rings (SSSR count). The molecule has 0 amide bonds. The van der Waals surface area contributed by atoms with Crippen molar-refractivity contribution in [2.24, 2.45) is 0 Å². The minimum Gasteiger partial charge on any atom is -0.507 e. The van der Waals surface area contributed by atoms with E-state index in [9.17, 15) is 19.5 Å². The molecule has 6 nitrogen and oxygen atoms in total. The second-order valence-electron chi connectivity index (χ2n) is 7.82. The Morgan fingerprint density at radius 1 is 0.970 bits per heavy atom. The number of hydrogen-bond acceptors (Lipinski definition) is 6. The Morgan fingerprint density at radius 2 is 1.67 bits per heavy atom. The van der Waals surface area contributed by atoms with E-state index in [0.29, 0.717) is 32.2 Å². The first kappa shape index (κ1) is 23.7. The van der Waals surface area contributed by atoms with Gasteiger partial charge in [-0.15, -0.1) is 0 Å². The zero-order valence-electron chi connectivity index (χ0n) is 18.9. The van der Waals surface area contributed by atoms with Crippen LogP contribution in [0.25, 0.3) is 11.1 Å². The number of rotatable bonds is 5. The van der Waals surface area contributed by atoms with E-state index in [-0.39, 0.29) is 22.9 Å². The van der Waals surface area contributed by atoms with E-state index in [1.54, 1.807) is 19.1 Å². The summed E-state index contributed by atoms with van der Waals surface area (Å²) in [6.07, 6.45) is 1.74. The molecule has 1 saturated heterocycles. The number of hydrogen-bond donors (Lipinski definition) is 2. The van der Waals surface area contributed by atoms with Gasteiger partial charge in [0.25, 0.3) is 0 Å². The summed E-state index contributed by atoms with van der Waals surface area (Å²) in [6, 6.07) is 20.9. The maximum Gasteiger partial charge on any atom is 0.161 e. The third kappa shape index (κ3) is 6.07. The lowest BCUT2D eigenvalue weighted by atomic mass is 10.0. The molecular formula is C27H28N2O4. The zero-order valence-corrected chi connectivity index (χ0v) is 18.9. The van der Waals surface area contributed by atoms with Gasteiger partial charge in [-0.1, -0.05) is 36.4 Å². The summed E-state index contributed by atoms with van der Waals surface area (Å²) in [7, 11) is 1.83. The molecule has 0 bridgehead atoms. The number of nitrogens with zero attached hydrogens (tertiary/aromatic N) is 1. The maximum atomic E-state index is 11.4. The number of Topliss-reactive ketones (excluding diaryl/α,β-unsaturated/α-hetero) is 2. The first-order valence-electron chi connectivity index (χ1n) is 10.9. The van der Waals surface area contributed by atoms with Crippen LogP contribution in [-0.4, -0.2) is 43.1 Å². The van der Waals surface area contributed by atoms with Crippen molar-refractivity contribution in [2.75, 3.05) is 30.4 Å². The van der Waals surface area contributed by atoms with Crippen molar-refractivity contribution in [3.63, 3.8) is 0 Å². The van der Waals surface area contributed by atoms with Gasteiger partial charge in [0, 0.05) is 49.9 Å². The van der Waals surface area contributed by atoms with Gasteiger partial charge in [-0.25, -0.2) is 0 Å². The predicted octanol–water partition coefficient (Wildman–Crippen LogP) is 4.97. The molecule has 3 aromatic rings. The SMILES string of the molecule is CNc1cc(-c2ccccc2)ccc1C(C)=O.O=Cc1cc(N2CCC(=O)CC2)ccc1O. The average Bonchev–Trinajstić information content (AvgIpc) is 2.85. The number of carbonyl (C=O) groups excluding carboxylic acids is 3. The van der Waals surface area contributed by atoms with Gasteiger partial charge in [-0.05, 0) is 48.4 Å². The van der Waals surface area contributed by atoms with Crippen LogP contribution in [-0.2, 0) is 4.79 Å². The maximum absolute atomic E-state index is 11.4. The number of aldehydes is 1. The second-order valence-corrected chi connectivity index (χ2v) is 7.82. The van der Waals surface area contributed by atoms with Gasteiger partial charge >= 0.3 is 0 Å². The molecule has 0 unspecified atom stereocenters. The lowest BCUT2D eigenvalue weighted by Gasteiger charge is -2.28. The molecular weight excluding hydrogens is 416 g/mol. The fourth-order valence-corrected chi connectivity index (χ4v) is 3.72. The minimum absolute atomic E-state index is 0.00756. The van der Waals surface area contributed by atoms with Gasteiger partial charge in [0.05, 0.1) is 5.56 Å². The number of phenolic OH excluding ortho intramolecular Hbond substituents is 1. The van der Waals surface area contributed by atoms with Crippen molar-refractivity contribution >= 4 is 29.2 Å². The standard InChI is InChI=1S/C15H15NO.C12H13NO3/c1-11(17)14-9-8-13(10-15(14)16-2)12-6-4-3-5-7-12;14-8-9-7-10(1-2-12(9)16)13-5-3-11(15)4-6-13/h3-10,16H,1-2H3;1-2,7-8,16H,3-6H2. The molecule has 3 aromatic carbocycles. The van der Waals surface area contributed by atoms with E-state index in [1.807, 2.05) is 48.3 Å². The molecule has 6 heteroatoms. The lowest BCUT2D eigenvalue weighted by Crippen LogP contribution is -2.33. The van der Waals surface area contributed by atoms with Crippen LogP contribution in [0, 0.1) is 0 Å². The molecule has 1 heterocycles. The largest absolute Gasteiger partial charge is 0.507 e. The highest BCUT2D eigenvalue weighted by Gasteiger charge is 2.17. The van der Waals surface area contributed by atoms with E-state index >= 15 is 0 Å². The molecule has 0 aromatic heterocycles. The number of aromatic hydroxyl groups is 1. The van der Waals surface area contributed by atoms with Crippen LogP contribution < -0.4 is 10.2 Å². The average molecular weight is 445 g/mol. The molecule has 33 heavy (non-hydrogen) atoms. The normalized spacial score (nSPS) is 13.0. The summed E-state index contributed by atoms with van der Waals surface area (Å²) in [6.45, 7) is 2.95. The number of piperidine rings is 1. The van der Waals surface area contributed by atoms with E-state index < -0.39 is 0 Å². The Kier molecular flexibility index (Phi) is 7.97. The van der Waals surface area contributed by atoms with Crippen LogP contribution in [0.3, 0.4) is 0 Å². The van der Waals surface area contributed by atoms with Crippen LogP contribution in [0.5, 0.6) is 5.75 Å². The third-order valence-corrected chi connectivity index (χ3v) is 5.60. The fraction of sp³-hybridized carbons (Fsp3) is 0.222. The number of carbonyl (C=O) groups is 3. The highest BCUT2D eigenvalue weighted by Crippen LogP contribution is 2.26. The number of ketones is 2. The molecule has 2 N–H and O–H groups in total. The molecule has 1 aliphatic heterocycles. The van der Waals surface area contributed by atoms with E-state index in [0.717, 1.165) is 28.1 Å². The number of benzene rings is 3. The Labute approximate surface area is 193 Å². The van der Waals surface area contributed by atoms with Crippen molar-refractivity contribution in [1.29, 1.82) is 0 Å². The smallest absolute Gasteiger partial charge is 0.161 e. The van der Waals surface area contributed by atoms with Crippen molar-refractivity contribution in [1.82, 2.24) is 0 Å². The number of phenols is 1. The highest BCUT2D eigenvalue weighted by molar-refractivity contribution is 6.00. The molecule has 0 atom stereocenters. The van der Waals surface area contributed by atoms with Crippen LogP contribution in [0.4, 0.5) is 11.4 Å². The molecule has 170 valence electrons. The molecule has 1 fully saturated rings. The fourth-order valence-electron chi connectivity index (χ4n) is 3.72. The first-order chi connectivity index (χ1) is 15.9. The molecule has 0 saturated carbocycles. The summed E-state index contributed by atoms with van der Waals surface area (Å²) in [5.74, 6) is 0.353. The Hall–Kier alpha value is -3.93. The number of anilines is 2. The van der Waals surface area contributed by atoms with E-state index in [4.69, 9.17) is 0 Å². The zero-order chi connectivity index (χ0) is 23.8. The van der Waals surface area contributed by atoms with E-state index in [2.05, 4.69) is 17.4 Å².